The summed E-state index contributed by atoms with van der Waals surface area (Å²) in [5.41, 5.74) is 4.58. The van der Waals surface area contributed by atoms with Crippen LogP contribution in [-0.4, -0.2) is 153 Å². The van der Waals surface area contributed by atoms with Crippen LogP contribution in [0.1, 0.15) is 135 Å². The molecule has 1 saturated heterocycles. The van der Waals surface area contributed by atoms with Gasteiger partial charge < -0.3 is 40.0 Å². The molecule has 0 spiro atoms. The van der Waals surface area contributed by atoms with E-state index in [-0.39, 0.29) is 78.1 Å². The summed E-state index contributed by atoms with van der Waals surface area (Å²) in [4.78, 5) is 99.3. The number of rotatable bonds is 28. The zero-order valence-corrected chi connectivity index (χ0v) is 46.2. The summed E-state index contributed by atoms with van der Waals surface area (Å²) < 4.78 is 18.3. The second-order valence-corrected chi connectivity index (χ2v) is 20.3. The summed E-state index contributed by atoms with van der Waals surface area (Å²) >= 11 is 0. The Morgan fingerprint density at radius 3 is 1.97 bits per heavy atom. The van der Waals surface area contributed by atoms with Gasteiger partial charge in [-0.25, -0.2) is 10.2 Å². The Labute approximate surface area is 434 Å². The molecule has 73 heavy (non-hydrogen) atoms. The molecule has 0 radical (unpaired) electrons. The molecule has 1 heterocycles. The summed E-state index contributed by atoms with van der Waals surface area (Å²) in [7, 11) is 8.49. The van der Waals surface area contributed by atoms with Crippen molar-refractivity contribution in [2.45, 2.75) is 156 Å². The molecule has 0 bridgehead atoms. The fourth-order valence-corrected chi connectivity index (χ4v) is 9.68. The van der Waals surface area contributed by atoms with E-state index < -0.39 is 60.4 Å². The quantitative estimate of drug-likeness (QED) is 0.0475. The van der Waals surface area contributed by atoms with Crippen molar-refractivity contribution in [1.82, 2.24) is 36.1 Å². The molecule has 406 valence electrons. The number of carbonyl (C=O) groups excluding carboxylic acids is 7. The van der Waals surface area contributed by atoms with Gasteiger partial charge in [-0.3, -0.25) is 33.7 Å². The second kappa shape index (κ2) is 29.8. The number of nitrogens with zero attached hydrogens (tertiary/aromatic N) is 4. The van der Waals surface area contributed by atoms with E-state index in [4.69, 9.17) is 14.2 Å². The Morgan fingerprint density at radius 2 is 1.42 bits per heavy atom. The van der Waals surface area contributed by atoms with Gasteiger partial charge in [0.15, 0.2) is 0 Å². The number of methoxy groups -OCH3 is 2. The van der Waals surface area contributed by atoms with E-state index in [9.17, 15) is 33.6 Å². The van der Waals surface area contributed by atoms with E-state index in [0.29, 0.717) is 49.1 Å². The van der Waals surface area contributed by atoms with Crippen molar-refractivity contribution in [3.8, 4) is 0 Å². The number of carbonyl (C=O) groups is 7. The van der Waals surface area contributed by atoms with Crippen molar-refractivity contribution < 1.29 is 47.8 Å². The second-order valence-electron chi connectivity index (χ2n) is 20.3. The van der Waals surface area contributed by atoms with E-state index >= 15 is 0 Å². The number of amides is 6. The van der Waals surface area contributed by atoms with Gasteiger partial charge in [0.05, 0.1) is 60.0 Å². The van der Waals surface area contributed by atoms with Crippen molar-refractivity contribution in [1.29, 1.82) is 0 Å². The van der Waals surface area contributed by atoms with E-state index in [0.717, 1.165) is 0 Å². The maximum absolute atomic E-state index is 14.5. The van der Waals surface area contributed by atoms with Gasteiger partial charge in [0.25, 0.3) is 0 Å². The first-order chi connectivity index (χ1) is 34.5. The van der Waals surface area contributed by atoms with E-state index in [2.05, 4.69) is 26.5 Å². The van der Waals surface area contributed by atoms with Gasteiger partial charge in [-0.15, -0.1) is 0 Å². The number of likely N-dealkylation sites (tertiary alicyclic amines) is 1. The minimum absolute atomic E-state index is 0.0175. The van der Waals surface area contributed by atoms with Crippen LogP contribution in [0.4, 0.5) is 0 Å². The minimum Gasteiger partial charge on any atom is -0.452 e. The molecule has 10 atom stereocenters. The lowest BCUT2D eigenvalue weighted by Crippen LogP contribution is -2.59. The smallest absolute Gasteiger partial charge is 0.338 e. The molecule has 18 heteroatoms. The van der Waals surface area contributed by atoms with Crippen LogP contribution in [-0.2, 0) is 43.0 Å². The number of likely N-dealkylation sites (N-methyl/N-ethyl adjacent to an activating group) is 2. The molecule has 0 saturated carbocycles. The zero-order chi connectivity index (χ0) is 54.7. The van der Waals surface area contributed by atoms with Crippen molar-refractivity contribution in [2.24, 2.45) is 28.8 Å². The molecular weight excluding hydrogens is 933 g/mol. The van der Waals surface area contributed by atoms with Crippen LogP contribution in [0.5, 0.6) is 0 Å². The highest BCUT2D eigenvalue weighted by molar-refractivity contribution is 6.00. The lowest BCUT2D eigenvalue weighted by Gasteiger charge is -2.41. The molecule has 6 amide bonds. The average molecular weight is 1020 g/mol. The lowest BCUT2D eigenvalue weighted by molar-refractivity contribution is -0.148. The largest absolute Gasteiger partial charge is 0.452 e. The average Bonchev–Trinajstić information content (AvgIpc) is 3.85. The summed E-state index contributed by atoms with van der Waals surface area (Å²) in [6.45, 7) is 19.4. The van der Waals surface area contributed by atoms with Crippen molar-refractivity contribution >= 4 is 47.1 Å². The van der Waals surface area contributed by atoms with Gasteiger partial charge in [0, 0.05) is 47.2 Å². The lowest BCUT2D eigenvalue weighted by atomic mass is 9.89. The number of hydrogen-bond donors (Lipinski definition) is 4. The SMILES string of the molecule is CCC(=O)NCCC(=O)N/N=C(/C)c1ccc(C(=O)O[C@@H](c2ccccc2)[C@@H](C)NC(=O)[C@H](C)[C@@H](OC)[C@@H]2CCCN2C(=O)C[C@@H](OC)[C@H]([C@@H](C)CC)N(C)C(=O)[C@@H](NC(=O)[C@H](C(C)C)N(C)C)C(C)C)cc1. The van der Waals surface area contributed by atoms with Crippen molar-refractivity contribution in [3.63, 3.8) is 0 Å². The van der Waals surface area contributed by atoms with Crippen LogP contribution >= 0.6 is 0 Å². The Balaban J connectivity index is 1.76. The van der Waals surface area contributed by atoms with Gasteiger partial charge in [-0.05, 0) is 81.8 Å². The molecule has 4 N–H and O–H groups in total. The maximum atomic E-state index is 14.5. The molecule has 0 aliphatic carbocycles. The first-order valence-electron chi connectivity index (χ1n) is 25.9. The topological polar surface area (TPSA) is 217 Å². The van der Waals surface area contributed by atoms with Crippen molar-refractivity contribution in [3.05, 3.63) is 71.3 Å². The summed E-state index contributed by atoms with van der Waals surface area (Å²) in [5.74, 6) is -3.13. The third-order valence-electron chi connectivity index (χ3n) is 14.0. The Morgan fingerprint density at radius 1 is 0.795 bits per heavy atom. The number of benzene rings is 2. The zero-order valence-electron chi connectivity index (χ0n) is 46.2. The minimum atomic E-state index is -0.882. The van der Waals surface area contributed by atoms with Crippen LogP contribution in [0.15, 0.2) is 59.7 Å². The number of nitrogens with one attached hydrogen (secondary N) is 4. The van der Waals surface area contributed by atoms with Crippen LogP contribution in [0.3, 0.4) is 0 Å². The van der Waals surface area contributed by atoms with E-state index in [1.165, 1.54) is 7.11 Å². The molecule has 2 aromatic rings. The van der Waals surface area contributed by atoms with Crippen LogP contribution in [0.25, 0.3) is 0 Å². The molecule has 18 nitrogen and oxygen atoms in total. The Bertz CT molecular complexity index is 2140. The van der Waals surface area contributed by atoms with Gasteiger partial charge in [0.1, 0.15) is 12.1 Å². The van der Waals surface area contributed by atoms with Gasteiger partial charge in [0.2, 0.25) is 35.4 Å². The first kappa shape index (κ1) is 61.6. The highest BCUT2D eigenvalue weighted by Crippen LogP contribution is 2.31. The normalized spacial score (nSPS) is 17.6. The summed E-state index contributed by atoms with van der Waals surface area (Å²) in [6, 6.07) is 12.8. The molecule has 0 unspecified atom stereocenters. The molecule has 0 aromatic heterocycles. The molecular formula is C55H86N8O10. The number of hydrogen-bond acceptors (Lipinski definition) is 12. The van der Waals surface area contributed by atoms with Gasteiger partial charge >= 0.3 is 5.97 Å². The molecule has 1 aliphatic heterocycles. The third kappa shape index (κ3) is 17.4. The maximum Gasteiger partial charge on any atom is 0.338 e. The van der Waals surface area contributed by atoms with Crippen LogP contribution < -0.4 is 21.4 Å². The molecule has 3 rings (SSSR count). The van der Waals surface area contributed by atoms with Crippen molar-refractivity contribution in [2.75, 3.05) is 48.5 Å². The van der Waals surface area contributed by atoms with Gasteiger partial charge in [-0.2, -0.15) is 5.10 Å². The predicted octanol–water partition coefficient (Wildman–Crippen LogP) is 5.49. The summed E-state index contributed by atoms with van der Waals surface area (Å²) in [6.07, 6.45) is 0.130. The van der Waals surface area contributed by atoms with E-state index in [1.54, 1.807) is 75.9 Å². The standard InChI is InChI=1S/C55H86N8O10/c1-16-35(7)49(62(13)54(69)47(33(3)4)58-53(68)48(34(5)6)61(11)12)43(71-14)32-46(66)63-31-21-24-42(63)50(72-15)36(8)52(67)57-38(10)51(40-22-19-18-20-23-40)73-55(70)41-27-25-39(26-28-41)37(9)59-60-45(65)29-30-56-44(64)17-2/h18-20,22-23,25-28,33-36,38,42-43,47-51H,16-17,21,24,29-32H2,1-15H3,(H,56,64)(H,57,67)(H,58,68)(H,60,65)/b59-37-/t35-,36+,38+,42-,43+,47-,48-,49-,50+,51+/m0/s1. The van der Waals surface area contributed by atoms with Gasteiger partial charge in [-0.1, -0.05) is 104 Å². The van der Waals surface area contributed by atoms with Crippen LogP contribution in [0.2, 0.25) is 0 Å². The fourth-order valence-electron chi connectivity index (χ4n) is 9.68. The molecule has 1 aliphatic rings. The predicted molar refractivity (Wildman–Crippen MR) is 282 cm³/mol. The molecule has 1 fully saturated rings. The summed E-state index contributed by atoms with van der Waals surface area (Å²) in [5, 5.41) is 12.9. The molecule has 2 aromatic carbocycles. The Hall–Kier alpha value is -5.72. The fraction of sp³-hybridized carbons (Fsp3) is 0.636. The third-order valence-corrected chi connectivity index (χ3v) is 14.0. The Kier molecular flexibility index (Phi) is 25.2. The number of ether oxygens (including phenoxy) is 3. The highest BCUT2D eigenvalue weighted by Gasteiger charge is 2.43. The number of hydrazone groups is 1. The first-order valence-corrected chi connectivity index (χ1v) is 25.9. The number of esters is 1. The monoisotopic (exact) mass is 1020 g/mol. The van der Waals surface area contributed by atoms with E-state index in [1.807, 2.05) is 90.9 Å². The van der Waals surface area contributed by atoms with Crippen LogP contribution in [0, 0.1) is 23.7 Å². The highest BCUT2D eigenvalue weighted by atomic mass is 16.5.